The van der Waals surface area contributed by atoms with E-state index in [0.29, 0.717) is 19.4 Å². The highest BCUT2D eigenvalue weighted by molar-refractivity contribution is 9.11. The number of carbonyl (C=O) groups excluding carboxylic acids is 1. The van der Waals surface area contributed by atoms with Crippen molar-refractivity contribution >= 4 is 39.1 Å². The minimum absolute atomic E-state index is 0.0273. The second-order valence-corrected chi connectivity index (χ2v) is 7.19. The van der Waals surface area contributed by atoms with Crippen LogP contribution < -0.4 is 0 Å². The predicted molar refractivity (Wildman–Crippen MR) is 77.3 cm³/mol. The predicted octanol–water partition coefficient (Wildman–Crippen LogP) is 2.91. The summed E-state index contributed by atoms with van der Waals surface area (Å²) in [6.45, 7) is 0.584. The number of nitrogens with zero attached hydrogens (tertiary/aromatic N) is 1. The summed E-state index contributed by atoms with van der Waals surface area (Å²) in [6, 6.07) is 3.45. The van der Waals surface area contributed by atoms with Crippen molar-refractivity contribution in [3.8, 4) is 0 Å². The van der Waals surface area contributed by atoms with Crippen LogP contribution in [0.1, 0.15) is 30.6 Å². The van der Waals surface area contributed by atoms with Gasteiger partial charge in [0.05, 0.1) is 3.79 Å². The Balaban J connectivity index is 1.79. The zero-order valence-corrected chi connectivity index (χ0v) is 12.9. The zero-order valence-electron chi connectivity index (χ0n) is 10.5. The molecule has 1 aromatic rings. The lowest BCUT2D eigenvalue weighted by Gasteiger charge is -2.21. The normalized spacial score (nSPS) is 18.8. The highest BCUT2D eigenvalue weighted by Crippen LogP contribution is 2.24. The lowest BCUT2D eigenvalue weighted by molar-refractivity contribution is -0.148. The summed E-state index contributed by atoms with van der Waals surface area (Å²) in [5, 5.41) is 9.04. The first-order valence-corrected chi connectivity index (χ1v) is 7.95. The van der Waals surface area contributed by atoms with Crippen LogP contribution in [0.4, 0.5) is 0 Å². The van der Waals surface area contributed by atoms with Crippen LogP contribution in [0.3, 0.4) is 0 Å². The summed E-state index contributed by atoms with van der Waals surface area (Å²) in [5.41, 5.74) is 0. The molecule has 1 aliphatic heterocycles. The number of amides is 1. The molecule has 0 radical (unpaired) electrons. The van der Waals surface area contributed by atoms with Gasteiger partial charge in [-0.2, -0.15) is 0 Å². The maximum Gasteiger partial charge on any atom is 0.326 e. The quantitative estimate of drug-likeness (QED) is 0.892. The van der Waals surface area contributed by atoms with E-state index in [0.717, 1.165) is 23.0 Å². The number of carbonyl (C=O) groups is 2. The Kier molecular flexibility index (Phi) is 4.99. The van der Waals surface area contributed by atoms with Crippen LogP contribution in [0.5, 0.6) is 0 Å². The van der Waals surface area contributed by atoms with E-state index < -0.39 is 12.0 Å². The molecule has 1 amide bonds. The molecule has 2 rings (SSSR count). The van der Waals surface area contributed by atoms with E-state index in [1.807, 2.05) is 6.07 Å². The third kappa shape index (κ3) is 3.79. The van der Waals surface area contributed by atoms with Crippen LogP contribution in [-0.4, -0.2) is 34.5 Å². The molecule has 0 bridgehead atoms. The van der Waals surface area contributed by atoms with Gasteiger partial charge in [-0.25, -0.2) is 4.79 Å². The molecule has 4 nitrogen and oxygen atoms in total. The first-order chi connectivity index (χ1) is 9.08. The minimum atomic E-state index is -0.881. The van der Waals surface area contributed by atoms with Crippen molar-refractivity contribution in [1.29, 1.82) is 0 Å². The van der Waals surface area contributed by atoms with Crippen molar-refractivity contribution in [2.24, 2.45) is 0 Å². The molecule has 1 N–H and O–H groups in total. The van der Waals surface area contributed by atoms with Gasteiger partial charge in [0.1, 0.15) is 6.04 Å². The molecule has 104 valence electrons. The standard InChI is InChI=1S/C13H16BrNO3S/c14-11-7-6-9(19-11)3-1-5-12(16)15-8-2-4-10(15)13(17)18/h6-7,10H,1-5,8H2,(H,17,18). The first-order valence-electron chi connectivity index (χ1n) is 6.34. The SMILES string of the molecule is O=C(O)C1CCCN1C(=O)CCCc1ccc(Br)s1. The van der Waals surface area contributed by atoms with Crippen LogP contribution in [0.2, 0.25) is 0 Å². The molecule has 0 aromatic carbocycles. The van der Waals surface area contributed by atoms with E-state index in [2.05, 4.69) is 22.0 Å². The number of aryl methyl sites for hydroxylation is 1. The van der Waals surface area contributed by atoms with Gasteiger partial charge in [0, 0.05) is 17.8 Å². The maximum atomic E-state index is 12.0. The van der Waals surface area contributed by atoms with Gasteiger partial charge >= 0.3 is 5.97 Å². The van der Waals surface area contributed by atoms with Crippen molar-refractivity contribution in [2.45, 2.75) is 38.1 Å². The van der Waals surface area contributed by atoms with Crippen LogP contribution in [0.15, 0.2) is 15.9 Å². The zero-order chi connectivity index (χ0) is 13.8. The number of likely N-dealkylation sites (tertiary alicyclic amines) is 1. The fourth-order valence-corrected chi connectivity index (χ4v) is 3.89. The van der Waals surface area contributed by atoms with Crippen LogP contribution in [-0.2, 0) is 16.0 Å². The van der Waals surface area contributed by atoms with Crippen LogP contribution in [0, 0.1) is 0 Å². The molecule has 19 heavy (non-hydrogen) atoms. The van der Waals surface area contributed by atoms with Gasteiger partial charge in [-0.1, -0.05) is 0 Å². The molecule has 0 saturated carbocycles. The summed E-state index contributed by atoms with van der Waals surface area (Å²) in [7, 11) is 0. The molecule has 1 atom stereocenters. The number of aliphatic carboxylic acids is 1. The Labute approximate surface area is 124 Å². The van der Waals surface area contributed by atoms with Crippen LogP contribution in [0.25, 0.3) is 0 Å². The van der Waals surface area contributed by atoms with E-state index >= 15 is 0 Å². The third-order valence-electron chi connectivity index (χ3n) is 3.30. The average molecular weight is 346 g/mol. The Morgan fingerprint density at radius 3 is 2.89 bits per heavy atom. The summed E-state index contributed by atoms with van der Waals surface area (Å²) in [5.74, 6) is -0.909. The van der Waals surface area contributed by atoms with Crippen molar-refractivity contribution in [3.05, 3.63) is 20.8 Å². The summed E-state index contributed by atoms with van der Waals surface area (Å²) >= 11 is 5.08. The van der Waals surface area contributed by atoms with Crippen molar-refractivity contribution in [3.63, 3.8) is 0 Å². The van der Waals surface area contributed by atoms with Gasteiger partial charge in [0.25, 0.3) is 0 Å². The van der Waals surface area contributed by atoms with E-state index in [-0.39, 0.29) is 5.91 Å². The van der Waals surface area contributed by atoms with E-state index in [4.69, 9.17) is 5.11 Å². The highest BCUT2D eigenvalue weighted by Gasteiger charge is 2.33. The Morgan fingerprint density at radius 2 is 2.26 bits per heavy atom. The summed E-state index contributed by atoms with van der Waals surface area (Å²) in [6.07, 6.45) is 3.45. The number of halogens is 1. The van der Waals surface area contributed by atoms with E-state index in [9.17, 15) is 9.59 Å². The molecule has 6 heteroatoms. The molecule has 1 saturated heterocycles. The fourth-order valence-electron chi connectivity index (χ4n) is 2.37. The molecular formula is C13H16BrNO3S. The Hall–Kier alpha value is -0.880. The monoisotopic (exact) mass is 345 g/mol. The Morgan fingerprint density at radius 1 is 1.47 bits per heavy atom. The second kappa shape index (κ2) is 6.52. The van der Waals surface area contributed by atoms with Gasteiger partial charge in [0.15, 0.2) is 0 Å². The minimum Gasteiger partial charge on any atom is -0.480 e. The number of thiophene rings is 1. The van der Waals surface area contributed by atoms with Crippen molar-refractivity contribution in [1.82, 2.24) is 4.90 Å². The lowest BCUT2D eigenvalue weighted by atomic mass is 10.2. The third-order valence-corrected chi connectivity index (χ3v) is 4.98. The molecule has 1 aromatic heterocycles. The van der Waals surface area contributed by atoms with E-state index in [1.165, 1.54) is 9.78 Å². The topological polar surface area (TPSA) is 57.6 Å². The van der Waals surface area contributed by atoms with E-state index in [1.54, 1.807) is 11.3 Å². The van der Waals surface area contributed by atoms with Crippen LogP contribution >= 0.6 is 27.3 Å². The molecular weight excluding hydrogens is 330 g/mol. The number of hydrogen-bond acceptors (Lipinski definition) is 3. The molecule has 1 aliphatic rings. The largest absolute Gasteiger partial charge is 0.480 e. The summed E-state index contributed by atoms with van der Waals surface area (Å²) in [4.78, 5) is 25.8. The highest BCUT2D eigenvalue weighted by atomic mass is 79.9. The van der Waals surface area contributed by atoms with Gasteiger partial charge in [-0.15, -0.1) is 11.3 Å². The van der Waals surface area contributed by atoms with Crippen molar-refractivity contribution < 1.29 is 14.7 Å². The lowest BCUT2D eigenvalue weighted by Crippen LogP contribution is -2.40. The molecule has 2 heterocycles. The summed E-state index contributed by atoms with van der Waals surface area (Å²) < 4.78 is 1.10. The molecule has 0 spiro atoms. The molecule has 0 aliphatic carbocycles. The van der Waals surface area contributed by atoms with Gasteiger partial charge < -0.3 is 10.0 Å². The van der Waals surface area contributed by atoms with Gasteiger partial charge in [0.2, 0.25) is 5.91 Å². The molecule has 1 unspecified atom stereocenters. The molecule has 1 fully saturated rings. The smallest absolute Gasteiger partial charge is 0.326 e. The Bertz CT molecular complexity index is 474. The second-order valence-electron chi connectivity index (χ2n) is 4.64. The number of rotatable bonds is 5. The maximum absolute atomic E-state index is 12.0. The van der Waals surface area contributed by atoms with Gasteiger partial charge in [-0.05, 0) is 53.7 Å². The number of carboxylic acids is 1. The fraction of sp³-hybridized carbons (Fsp3) is 0.538. The van der Waals surface area contributed by atoms with Gasteiger partial charge in [-0.3, -0.25) is 4.79 Å². The number of carboxylic acid groups (broad SMARTS) is 1. The first kappa shape index (κ1) is 14.5. The number of hydrogen-bond donors (Lipinski definition) is 1. The average Bonchev–Trinajstić information content (AvgIpc) is 2.97. The van der Waals surface area contributed by atoms with Crippen molar-refractivity contribution in [2.75, 3.05) is 6.54 Å².